The number of carbonyl (C=O) groups excluding carboxylic acids is 2. The lowest BCUT2D eigenvalue weighted by Gasteiger charge is -2.22. The van der Waals surface area contributed by atoms with E-state index in [0.717, 1.165) is 6.92 Å². The van der Waals surface area contributed by atoms with Crippen LogP contribution in [-0.4, -0.2) is 46.4 Å². The Balaban J connectivity index is 2.93. The van der Waals surface area contributed by atoms with E-state index in [9.17, 15) is 27.6 Å². The molecule has 0 bridgehead atoms. The van der Waals surface area contributed by atoms with E-state index >= 15 is 0 Å². The summed E-state index contributed by atoms with van der Waals surface area (Å²) in [5, 5.41) is 8.73. The summed E-state index contributed by atoms with van der Waals surface area (Å²) in [5.74, 6) is -5.02. The molecule has 0 aromatic carbocycles. The highest BCUT2D eigenvalue weighted by Gasteiger charge is 2.50. The van der Waals surface area contributed by atoms with E-state index in [1.807, 2.05) is 0 Å². The number of ketones is 1. The first kappa shape index (κ1) is 13.5. The average Bonchev–Trinajstić information content (AvgIpc) is 2.59. The lowest BCUT2D eigenvalue weighted by atomic mass is 10.0. The van der Waals surface area contributed by atoms with Gasteiger partial charge in [0, 0.05) is 12.5 Å². The Morgan fingerprint density at radius 1 is 1.29 bits per heavy atom. The SMILES string of the molecule is CC(=O)C1CC(C(=O)O)N(C(=O)C(F)(F)F)C1. The van der Waals surface area contributed by atoms with Gasteiger partial charge in [0.1, 0.15) is 11.8 Å². The number of carboxylic acids is 1. The third-order valence-corrected chi connectivity index (χ3v) is 2.66. The van der Waals surface area contributed by atoms with Crippen molar-refractivity contribution < 1.29 is 32.7 Å². The molecule has 0 saturated carbocycles. The third-order valence-electron chi connectivity index (χ3n) is 2.66. The van der Waals surface area contributed by atoms with Crippen molar-refractivity contribution in [3.8, 4) is 0 Å². The van der Waals surface area contributed by atoms with E-state index in [0.29, 0.717) is 0 Å². The van der Waals surface area contributed by atoms with Gasteiger partial charge >= 0.3 is 18.1 Å². The number of likely N-dealkylation sites (tertiary alicyclic amines) is 1. The fraction of sp³-hybridized carbons (Fsp3) is 0.667. The molecule has 0 radical (unpaired) electrons. The highest BCUT2D eigenvalue weighted by molar-refractivity contribution is 5.90. The zero-order valence-corrected chi connectivity index (χ0v) is 8.82. The van der Waals surface area contributed by atoms with Crippen molar-refractivity contribution >= 4 is 17.7 Å². The number of carbonyl (C=O) groups is 3. The Bertz CT molecular complexity index is 366. The van der Waals surface area contributed by atoms with Crippen molar-refractivity contribution in [3.63, 3.8) is 0 Å². The van der Waals surface area contributed by atoms with Gasteiger partial charge in [-0.1, -0.05) is 0 Å². The number of hydrogen-bond donors (Lipinski definition) is 1. The van der Waals surface area contributed by atoms with Gasteiger partial charge in [0.05, 0.1) is 0 Å². The zero-order valence-electron chi connectivity index (χ0n) is 8.82. The second-order valence-electron chi connectivity index (χ2n) is 3.85. The van der Waals surface area contributed by atoms with Crippen LogP contribution in [0.5, 0.6) is 0 Å². The van der Waals surface area contributed by atoms with Crippen molar-refractivity contribution in [2.75, 3.05) is 6.54 Å². The van der Waals surface area contributed by atoms with Crippen LogP contribution in [0.2, 0.25) is 0 Å². The third kappa shape index (κ3) is 2.75. The monoisotopic (exact) mass is 253 g/mol. The molecule has 1 saturated heterocycles. The summed E-state index contributed by atoms with van der Waals surface area (Å²) < 4.78 is 36.6. The molecule has 1 aliphatic heterocycles. The van der Waals surface area contributed by atoms with Crippen LogP contribution in [0.15, 0.2) is 0 Å². The molecule has 8 heteroatoms. The number of amides is 1. The van der Waals surface area contributed by atoms with Crippen LogP contribution in [0.25, 0.3) is 0 Å². The quantitative estimate of drug-likeness (QED) is 0.774. The molecule has 2 unspecified atom stereocenters. The van der Waals surface area contributed by atoms with Crippen molar-refractivity contribution in [2.24, 2.45) is 5.92 Å². The Morgan fingerprint density at radius 3 is 2.18 bits per heavy atom. The average molecular weight is 253 g/mol. The lowest BCUT2D eigenvalue weighted by Crippen LogP contribution is -2.47. The normalized spacial score (nSPS) is 24.8. The molecule has 1 N–H and O–H groups in total. The Hall–Kier alpha value is -1.60. The number of Topliss-reactive ketones (excluding diaryl/α,β-unsaturated/α-hetero) is 1. The predicted octanol–water partition coefficient (Wildman–Crippen LogP) is 0.439. The number of carboxylic acid groups (broad SMARTS) is 1. The summed E-state index contributed by atoms with van der Waals surface area (Å²) in [6.45, 7) is 0.662. The summed E-state index contributed by atoms with van der Waals surface area (Å²) in [6, 6.07) is -1.59. The summed E-state index contributed by atoms with van der Waals surface area (Å²) in [6.07, 6.45) is -5.40. The van der Waals surface area contributed by atoms with Gasteiger partial charge in [-0.2, -0.15) is 13.2 Å². The second-order valence-corrected chi connectivity index (χ2v) is 3.85. The molecule has 1 aliphatic rings. The zero-order chi connectivity index (χ0) is 13.4. The van der Waals surface area contributed by atoms with Crippen LogP contribution >= 0.6 is 0 Å². The minimum Gasteiger partial charge on any atom is -0.480 e. The molecule has 0 spiro atoms. The van der Waals surface area contributed by atoms with E-state index in [-0.39, 0.29) is 11.3 Å². The van der Waals surface area contributed by atoms with Gasteiger partial charge in [-0.25, -0.2) is 4.79 Å². The van der Waals surface area contributed by atoms with Crippen LogP contribution in [0, 0.1) is 5.92 Å². The van der Waals surface area contributed by atoms with Crippen LogP contribution in [-0.2, 0) is 14.4 Å². The van der Waals surface area contributed by atoms with Crippen LogP contribution in [0.1, 0.15) is 13.3 Å². The van der Waals surface area contributed by atoms with Crippen molar-refractivity contribution in [1.29, 1.82) is 0 Å². The van der Waals surface area contributed by atoms with Gasteiger partial charge in [0.2, 0.25) is 0 Å². The molecular formula is C9H10F3NO4. The van der Waals surface area contributed by atoms with Gasteiger partial charge in [-0.15, -0.1) is 0 Å². The minimum absolute atomic E-state index is 0.203. The van der Waals surface area contributed by atoms with E-state index in [1.54, 1.807) is 0 Å². The highest BCUT2D eigenvalue weighted by Crippen LogP contribution is 2.29. The fourth-order valence-corrected chi connectivity index (χ4v) is 1.75. The number of nitrogens with zero attached hydrogens (tertiary/aromatic N) is 1. The molecule has 0 aromatic heterocycles. The molecule has 17 heavy (non-hydrogen) atoms. The molecule has 5 nitrogen and oxygen atoms in total. The van der Waals surface area contributed by atoms with Gasteiger partial charge in [-0.05, 0) is 13.3 Å². The molecule has 0 aromatic rings. The maximum atomic E-state index is 12.2. The van der Waals surface area contributed by atoms with Gasteiger partial charge in [-0.3, -0.25) is 9.59 Å². The molecule has 2 atom stereocenters. The Kier molecular flexibility index (Phi) is 3.44. The maximum Gasteiger partial charge on any atom is 0.471 e. The number of alkyl halides is 3. The van der Waals surface area contributed by atoms with E-state index in [2.05, 4.69) is 0 Å². The number of rotatable bonds is 2. The second kappa shape index (κ2) is 4.34. The topological polar surface area (TPSA) is 74.7 Å². The van der Waals surface area contributed by atoms with Crippen molar-refractivity contribution in [1.82, 2.24) is 4.90 Å². The number of halogens is 3. The summed E-state index contributed by atoms with van der Waals surface area (Å²) in [7, 11) is 0. The van der Waals surface area contributed by atoms with E-state index < -0.39 is 42.3 Å². The standard InChI is InChI=1S/C9H10F3NO4/c1-4(14)5-2-6(7(15)16)13(3-5)8(17)9(10,11)12/h5-6H,2-3H2,1H3,(H,15,16). The molecule has 1 fully saturated rings. The lowest BCUT2D eigenvalue weighted by molar-refractivity contribution is -0.188. The molecule has 0 aliphatic carbocycles. The molecular weight excluding hydrogens is 243 g/mol. The van der Waals surface area contributed by atoms with Crippen LogP contribution in [0.4, 0.5) is 13.2 Å². The first-order chi connectivity index (χ1) is 7.64. The number of aliphatic carboxylic acids is 1. The molecule has 1 amide bonds. The number of hydrogen-bond acceptors (Lipinski definition) is 3. The summed E-state index contributed by atoms with van der Waals surface area (Å²) in [4.78, 5) is 32.9. The van der Waals surface area contributed by atoms with E-state index in [1.165, 1.54) is 0 Å². The summed E-state index contributed by atoms with van der Waals surface area (Å²) in [5.41, 5.74) is 0. The Labute approximate surface area is 94.2 Å². The van der Waals surface area contributed by atoms with Crippen molar-refractivity contribution in [2.45, 2.75) is 25.6 Å². The Morgan fingerprint density at radius 2 is 1.82 bits per heavy atom. The molecule has 1 heterocycles. The smallest absolute Gasteiger partial charge is 0.471 e. The van der Waals surface area contributed by atoms with Gasteiger partial charge in [0.25, 0.3) is 0 Å². The largest absolute Gasteiger partial charge is 0.480 e. The minimum atomic E-state index is -5.13. The highest BCUT2D eigenvalue weighted by atomic mass is 19.4. The van der Waals surface area contributed by atoms with Gasteiger partial charge < -0.3 is 10.0 Å². The fourth-order valence-electron chi connectivity index (χ4n) is 1.75. The van der Waals surface area contributed by atoms with Crippen LogP contribution in [0.3, 0.4) is 0 Å². The first-order valence-corrected chi connectivity index (χ1v) is 4.75. The molecule has 96 valence electrons. The van der Waals surface area contributed by atoms with Gasteiger partial charge in [0.15, 0.2) is 0 Å². The predicted molar refractivity (Wildman–Crippen MR) is 48.0 cm³/mol. The summed E-state index contributed by atoms with van der Waals surface area (Å²) >= 11 is 0. The van der Waals surface area contributed by atoms with Crippen LogP contribution < -0.4 is 0 Å². The molecule has 1 rings (SSSR count). The maximum absolute atomic E-state index is 12.2. The van der Waals surface area contributed by atoms with Crippen molar-refractivity contribution in [3.05, 3.63) is 0 Å². The first-order valence-electron chi connectivity index (χ1n) is 4.75. The van der Waals surface area contributed by atoms with E-state index in [4.69, 9.17) is 5.11 Å².